The fourth-order valence-electron chi connectivity index (χ4n) is 7.09. The minimum Gasteiger partial charge on any atom is -0.870 e. The Labute approximate surface area is 332 Å². The predicted molar refractivity (Wildman–Crippen MR) is 200 cm³/mol. The van der Waals surface area contributed by atoms with Crippen molar-refractivity contribution in [1.82, 2.24) is 10.2 Å². The fourth-order valence-corrected chi connectivity index (χ4v) is 7.62. The molecule has 1 saturated carbocycles. The van der Waals surface area contributed by atoms with Gasteiger partial charge in [-0.3, -0.25) is 10.2 Å². The molecule has 10 nitrogen and oxygen atoms in total. The van der Waals surface area contributed by atoms with Crippen molar-refractivity contribution in [3.63, 3.8) is 0 Å². The van der Waals surface area contributed by atoms with Gasteiger partial charge in [0.2, 0.25) is 0 Å². The number of aromatic amines is 1. The number of pyridine rings is 1. The third-order valence-corrected chi connectivity index (χ3v) is 11.0. The maximum atomic E-state index is 13.9. The van der Waals surface area contributed by atoms with Crippen molar-refractivity contribution >= 4 is 35.1 Å². The highest BCUT2D eigenvalue weighted by Gasteiger charge is 2.38. The van der Waals surface area contributed by atoms with Crippen molar-refractivity contribution in [2.75, 3.05) is 26.2 Å². The van der Waals surface area contributed by atoms with Gasteiger partial charge in [0.05, 0.1) is 12.2 Å². The van der Waals surface area contributed by atoms with Gasteiger partial charge in [-0.2, -0.15) is 8.78 Å². The first-order valence-corrected chi connectivity index (χ1v) is 19.1. The molecule has 1 aliphatic carbocycles. The van der Waals surface area contributed by atoms with Crippen LogP contribution in [0.5, 0.6) is 11.5 Å². The van der Waals surface area contributed by atoms with Gasteiger partial charge in [0.1, 0.15) is 34.1 Å². The zero-order valence-electron chi connectivity index (χ0n) is 30.3. The third-order valence-electron chi connectivity index (χ3n) is 10.3. The Morgan fingerprint density at radius 1 is 0.911 bits per heavy atom. The average Bonchev–Trinajstić information content (AvgIpc) is 4.01. The molecule has 298 valence electrons. The molecule has 2 bridgehead atoms. The van der Waals surface area contributed by atoms with Gasteiger partial charge in [0.15, 0.2) is 23.9 Å². The van der Waals surface area contributed by atoms with E-state index in [1.54, 1.807) is 48.8 Å². The normalized spacial score (nSPS) is 19.8. The Bertz CT molecular complexity index is 1960. The number of aromatic nitrogens is 1. The number of esters is 2. The maximum absolute atomic E-state index is 13.9. The summed E-state index contributed by atoms with van der Waals surface area (Å²) in [6.07, 6.45) is 5.90. The molecule has 56 heavy (non-hydrogen) atoms. The summed E-state index contributed by atoms with van der Waals surface area (Å²) in [5.74, 6) is -0.947. The Balaban J connectivity index is 0.00000532. The standard InChI is InChI=1S/C41H40Cl2F3N3O6.H2O/c42-32-20-47-21-33(43)31(32)18-35(28-8-11-34(55-41(45)46)36(17-28)52-23-24-4-5-24)53-39(50)29-3-1-2-25(16-29)19-48-38(27-6-9-30(44)10-7-27)40(51)54-37-22-49-14-12-26(37)13-15-49;/h1-3,6-11,16-17,20-21,24,26,35,37-38,41,48H,4-5,12-15,18-19,22-23H2;1H2/t35-,37-,38?;/m0./s1. The number of hydrogen-bond donors (Lipinski definition) is 1. The molecular formula is C41H42Cl2F3N3O7. The summed E-state index contributed by atoms with van der Waals surface area (Å²) < 4.78 is 63.2. The molecule has 3 aliphatic heterocycles. The molecule has 0 radical (unpaired) electrons. The molecule has 0 amide bonds. The zero-order chi connectivity index (χ0) is 38.5. The predicted octanol–water partition coefficient (Wildman–Crippen LogP) is 7.77. The first kappa shape index (κ1) is 41.2. The van der Waals surface area contributed by atoms with Gasteiger partial charge >= 0.3 is 18.6 Å². The molecule has 15 heteroatoms. The number of nitrogens with one attached hydrogen (secondary N) is 2. The van der Waals surface area contributed by atoms with E-state index in [2.05, 4.69) is 15.2 Å². The molecule has 0 spiro atoms. The highest BCUT2D eigenvalue weighted by molar-refractivity contribution is 6.35. The number of rotatable bonds is 16. The Morgan fingerprint density at radius 2 is 1.62 bits per heavy atom. The van der Waals surface area contributed by atoms with E-state index in [0.29, 0.717) is 57.3 Å². The Morgan fingerprint density at radius 3 is 2.29 bits per heavy atom. The summed E-state index contributed by atoms with van der Waals surface area (Å²) in [5, 5.41) is 3.88. The number of carbonyl (C=O) groups excluding carboxylic acids is 2. The lowest BCUT2D eigenvalue weighted by Crippen LogP contribution is -2.52. The van der Waals surface area contributed by atoms with E-state index < -0.39 is 36.5 Å². The van der Waals surface area contributed by atoms with Crippen LogP contribution in [-0.2, 0) is 27.2 Å². The van der Waals surface area contributed by atoms with E-state index in [1.165, 1.54) is 30.3 Å². The Kier molecular flexibility index (Phi) is 13.8. The van der Waals surface area contributed by atoms with Crippen molar-refractivity contribution in [3.8, 4) is 11.5 Å². The fraction of sp³-hybridized carbons (Fsp3) is 0.390. The lowest BCUT2D eigenvalue weighted by atomic mass is 9.86. The SMILES string of the molecule is O=C(O[C@@H](Cc1c(Cl)c[nH+]cc1Cl)c1ccc(OC(F)F)c(OCC2CC2)c1)c1cccc(CNC(C(=O)O[C@H]2CN3CCC2CC3)c2ccc(F)cc2)c1.[OH-]. The van der Waals surface area contributed by atoms with Crippen molar-refractivity contribution in [3.05, 3.63) is 123 Å². The van der Waals surface area contributed by atoms with Crippen molar-refractivity contribution in [2.45, 2.75) is 63.5 Å². The molecule has 4 heterocycles. The van der Waals surface area contributed by atoms with Gasteiger partial charge in [0.25, 0.3) is 0 Å². The van der Waals surface area contributed by atoms with Gasteiger partial charge < -0.3 is 24.4 Å². The molecule has 3 aromatic carbocycles. The maximum Gasteiger partial charge on any atom is 0.387 e. The monoisotopic (exact) mass is 815 g/mol. The van der Waals surface area contributed by atoms with Crippen LogP contribution >= 0.6 is 23.2 Å². The molecule has 4 aliphatic rings. The van der Waals surface area contributed by atoms with Gasteiger partial charge in [0, 0.05) is 25.1 Å². The average molecular weight is 817 g/mol. The largest absolute Gasteiger partial charge is 0.870 e. The number of H-pyrrole nitrogens is 1. The Hall–Kier alpha value is -4.40. The van der Waals surface area contributed by atoms with Crippen LogP contribution in [0, 0.1) is 17.7 Å². The number of alkyl halides is 2. The molecule has 1 unspecified atom stereocenters. The second-order valence-electron chi connectivity index (χ2n) is 14.2. The second-order valence-corrected chi connectivity index (χ2v) is 15.1. The number of fused-ring (bicyclic) bond motifs is 3. The lowest BCUT2D eigenvalue weighted by Gasteiger charge is -2.44. The quantitative estimate of drug-likeness (QED) is 0.113. The minimum absolute atomic E-state index is 0. The van der Waals surface area contributed by atoms with Crippen LogP contribution in [0.3, 0.4) is 0 Å². The van der Waals surface area contributed by atoms with Gasteiger partial charge in [-0.25, -0.2) is 19.0 Å². The summed E-state index contributed by atoms with van der Waals surface area (Å²) in [5.41, 5.74) is 2.39. The van der Waals surface area contributed by atoms with Crippen LogP contribution in [0.1, 0.15) is 70.4 Å². The molecule has 3 saturated heterocycles. The van der Waals surface area contributed by atoms with Crippen LogP contribution in [0.2, 0.25) is 10.0 Å². The molecule has 8 rings (SSSR count). The second kappa shape index (κ2) is 18.7. The number of nitrogens with zero attached hydrogens (tertiary/aromatic N) is 1. The summed E-state index contributed by atoms with van der Waals surface area (Å²) in [6, 6.07) is 16.0. The van der Waals surface area contributed by atoms with E-state index in [1.807, 2.05) is 0 Å². The molecule has 4 fully saturated rings. The van der Waals surface area contributed by atoms with Crippen LogP contribution in [0.15, 0.2) is 79.1 Å². The van der Waals surface area contributed by atoms with Crippen LogP contribution in [0.4, 0.5) is 13.2 Å². The number of benzene rings is 3. The molecule has 3 atom stereocenters. The van der Waals surface area contributed by atoms with Crippen LogP contribution in [-0.4, -0.2) is 61.3 Å². The van der Waals surface area contributed by atoms with E-state index in [0.717, 1.165) is 38.8 Å². The van der Waals surface area contributed by atoms with Crippen molar-refractivity contribution in [1.29, 1.82) is 0 Å². The van der Waals surface area contributed by atoms with E-state index in [4.69, 9.17) is 42.1 Å². The number of carbonyl (C=O) groups is 2. The number of hydrogen-bond acceptors (Lipinski definition) is 9. The summed E-state index contributed by atoms with van der Waals surface area (Å²) in [7, 11) is 0. The molecular weight excluding hydrogens is 774 g/mol. The molecule has 3 N–H and O–H groups in total. The highest BCUT2D eigenvalue weighted by atomic mass is 35.5. The van der Waals surface area contributed by atoms with E-state index in [9.17, 15) is 22.8 Å². The van der Waals surface area contributed by atoms with E-state index in [-0.39, 0.29) is 41.6 Å². The topological polar surface area (TPSA) is 130 Å². The zero-order valence-corrected chi connectivity index (χ0v) is 31.8. The van der Waals surface area contributed by atoms with Crippen LogP contribution < -0.4 is 19.8 Å². The minimum atomic E-state index is -3.07. The van der Waals surface area contributed by atoms with Crippen LogP contribution in [0.25, 0.3) is 0 Å². The van der Waals surface area contributed by atoms with Crippen molar-refractivity contribution < 1.29 is 52.2 Å². The highest BCUT2D eigenvalue weighted by Crippen LogP contribution is 2.38. The smallest absolute Gasteiger partial charge is 0.387 e. The summed E-state index contributed by atoms with van der Waals surface area (Å²) in [6.45, 7) is 0.137. The summed E-state index contributed by atoms with van der Waals surface area (Å²) in [4.78, 5) is 32.7. The van der Waals surface area contributed by atoms with Crippen molar-refractivity contribution in [2.24, 2.45) is 11.8 Å². The van der Waals surface area contributed by atoms with Gasteiger partial charge in [-0.1, -0.05) is 53.5 Å². The number of halogens is 5. The summed E-state index contributed by atoms with van der Waals surface area (Å²) >= 11 is 13.0. The van der Waals surface area contributed by atoms with E-state index >= 15 is 0 Å². The van der Waals surface area contributed by atoms with Gasteiger partial charge in [-0.05, 0) is 104 Å². The number of ether oxygens (including phenoxy) is 4. The first-order valence-electron chi connectivity index (χ1n) is 18.4. The van der Waals surface area contributed by atoms with Gasteiger partial charge in [-0.15, -0.1) is 0 Å². The number of piperidine rings is 3. The first-order chi connectivity index (χ1) is 26.6. The molecule has 1 aromatic heterocycles. The molecule has 4 aromatic rings. The third kappa shape index (κ3) is 10.5. The lowest BCUT2D eigenvalue weighted by molar-refractivity contribution is -0.377.